The summed E-state index contributed by atoms with van der Waals surface area (Å²) in [4.78, 5) is 28.5. The first-order valence-electron chi connectivity index (χ1n) is 13.0. The van der Waals surface area contributed by atoms with Crippen molar-refractivity contribution in [3.8, 4) is 5.75 Å². The molecule has 0 aliphatic carbocycles. The second-order valence-corrected chi connectivity index (χ2v) is 12.3. The van der Waals surface area contributed by atoms with Crippen molar-refractivity contribution in [1.82, 2.24) is 10.2 Å². The molecule has 3 aromatic rings. The maximum Gasteiger partial charge on any atom is 0.264 e. The lowest BCUT2D eigenvalue weighted by molar-refractivity contribution is -0.139. The summed E-state index contributed by atoms with van der Waals surface area (Å²) in [5, 5.41) is 3.15. The first kappa shape index (κ1) is 31.0. The maximum atomic E-state index is 14.0. The number of ether oxygens (including phenoxy) is 1. The molecular formula is C30H36ClN3O5S. The van der Waals surface area contributed by atoms with Crippen molar-refractivity contribution >= 4 is 39.1 Å². The van der Waals surface area contributed by atoms with Crippen molar-refractivity contribution in [2.24, 2.45) is 5.92 Å². The average Bonchev–Trinajstić information content (AvgIpc) is 2.94. The molecule has 214 valence electrons. The SMILES string of the molecule is COc1ccc(Cl)cc1N(CC(=O)N(Cc1ccc(C)cc1)[C@@H](C)C(=O)NCC(C)C)S(=O)(=O)c1ccccc1. The minimum absolute atomic E-state index is 0.00219. The number of hydrogen-bond acceptors (Lipinski definition) is 5. The molecule has 0 unspecified atom stereocenters. The van der Waals surface area contributed by atoms with E-state index in [4.69, 9.17) is 16.3 Å². The number of benzene rings is 3. The Morgan fingerprint density at radius 3 is 2.23 bits per heavy atom. The van der Waals surface area contributed by atoms with Gasteiger partial charge in [0.05, 0.1) is 17.7 Å². The molecule has 1 N–H and O–H groups in total. The Kier molecular flexibility index (Phi) is 10.6. The Morgan fingerprint density at radius 1 is 0.975 bits per heavy atom. The molecule has 0 radical (unpaired) electrons. The highest BCUT2D eigenvalue weighted by Gasteiger charge is 2.34. The van der Waals surface area contributed by atoms with Gasteiger partial charge < -0.3 is 15.0 Å². The number of rotatable bonds is 12. The fraction of sp³-hybridized carbons (Fsp3) is 0.333. The van der Waals surface area contributed by atoms with E-state index in [9.17, 15) is 18.0 Å². The Hall–Kier alpha value is -3.56. The Morgan fingerprint density at radius 2 is 1.62 bits per heavy atom. The van der Waals surface area contributed by atoms with Gasteiger partial charge in [0.15, 0.2) is 0 Å². The fourth-order valence-electron chi connectivity index (χ4n) is 4.02. The number of methoxy groups -OCH3 is 1. The van der Waals surface area contributed by atoms with Gasteiger partial charge in [-0.15, -0.1) is 0 Å². The number of sulfonamides is 1. The van der Waals surface area contributed by atoms with Crippen LogP contribution < -0.4 is 14.4 Å². The van der Waals surface area contributed by atoms with E-state index in [-0.39, 0.29) is 39.7 Å². The van der Waals surface area contributed by atoms with Gasteiger partial charge in [0.1, 0.15) is 18.3 Å². The minimum Gasteiger partial charge on any atom is -0.495 e. The van der Waals surface area contributed by atoms with Crippen LogP contribution in [0.3, 0.4) is 0 Å². The van der Waals surface area contributed by atoms with E-state index in [1.54, 1.807) is 37.3 Å². The van der Waals surface area contributed by atoms with Crippen molar-refractivity contribution in [3.63, 3.8) is 0 Å². The molecule has 0 bridgehead atoms. The second kappa shape index (κ2) is 13.7. The van der Waals surface area contributed by atoms with E-state index >= 15 is 0 Å². The van der Waals surface area contributed by atoms with E-state index in [2.05, 4.69) is 5.32 Å². The lowest BCUT2D eigenvalue weighted by atomic mass is 10.1. The van der Waals surface area contributed by atoms with Gasteiger partial charge in [0, 0.05) is 18.1 Å². The van der Waals surface area contributed by atoms with Gasteiger partial charge in [-0.3, -0.25) is 13.9 Å². The number of halogens is 1. The molecule has 1 atom stereocenters. The number of nitrogens with one attached hydrogen (secondary N) is 1. The Labute approximate surface area is 241 Å². The highest BCUT2D eigenvalue weighted by molar-refractivity contribution is 7.92. The molecule has 2 amide bonds. The van der Waals surface area contributed by atoms with E-state index < -0.39 is 28.5 Å². The molecular weight excluding hydrogens is 550 g/mol. The van der Waals surface area contributed by atoms with Gasteiger partial charge in [-0.1, -0.05) is 73.5 Å². The molecule has 0 saturated heterocycles. The first-order chi connectivity index (χ1) is 18.9. The number of anilines is 1. The summed E-state index contributed by atoms with van der Waals surface area (Å²) < 4.78 is 34.3. The minimum atomic E-state index is -4.23. The van der Waals surface area contributed by atoms with Crippen molar-refractivity contribution in [2.75, 3.05) is 24.5 Å². The summed E-state index contributed by atoms with van der Waals surface area (Å²) in [7, 11) is -2.82. The zero-order valence-electron chi connectivity index (χ0n) is 23.4. The van der Waals surface area contributed by atoms with E-state index in [1.165, 1.54) is 30.2 Å². The van der Waals surface area contributed by atoms with Crippen LogP contribution in [-0.4, -0.2) is 51.4 Å². The molecule has 40 heavy (non-hydrogen) atoms. The number of carbonyl (C=O) groups is 2. The van der Waals surface area contributed by atoms with E-state index in [1.807, 2.05) is 45.0 Å². The number of carbonyl (C=O) groups excluding carboxylic acids is 2. The number of amides is 2. The zero-order valence-corrected chi connectivity index (χ0v) is 25.0. The quantitative estimate of drug-likeness (QED) is 0.321. The molecule has 3 aromatic carbocycles. The van der Waals surface area contributed by atoms with Crippen LogP contribution >= 0.6 is 11.6 Å². The molecule has 0 heterocycles. The summed E-state index contributed by atoms with van der Waals surface area (Å²) in [6.07, 6.45) is 0. The molecule has 0 spiro atoms. The maximum absolute atomic E-state index is 14.0. The van der Waals surface area contributed by atoms with Crippen molar-refractivity contribution in [3.05, 3.63) is 88.9 Å². The normalized spacial score (nSPS) is 12.1. The summed E-state index contributed by atoms with van der Waals surface area (Å²) in [5.41, 5.74) is 1.97. The summed E-state index contributed by atoms with van der Waals surface area (Å²) in [6, 6.07) is 19.1. The lowest BCUT2D eigenvalue weighted by Gasteiger charge is -2.32. The highest BCUT2D eigenvalue weighted by atomic mass is 35.5. The van der Waals surface area contributed by atoms with Crippen LogP contribution in [0.25, 0.3) is 0 Å². The molecule has 8 nitrogen and oxygen atoms in total. The van der Waals surface area contributed by atoms with Crippen molar-refractivity contribution < 1.29 is 22.7 Å². The Balaban J connectivity index is 2.06. The molecule has 0 saturated carbocycles. The predicted octanol–water partition coefficient (Wildman–Crippen LogP) is 5.04. The molecule has 3 rings (SSSR count). The lowest BCUT2D eigenvalue weighted by Crippen LogP contribution is -2.51. The van der Waals surface area contributed by atoms with Crippen molar-refractivity contribution in [2.45, 2.75) is 45.2 Å². The van der Waals surface area contributed by atoms with Gasteiger partial charge in [-0.2, -0.15) is 0 Å². The first-order valence-corrected chi connectivity index (χ1v) is 14.8. The molecule has 10 heteroatoms. The van der Waals surface area contributed by atoms with Gasteiger partial charge >= 0.3 is 0 Å². The second-order valence-electron chi connectivity index (χ2n) is 9.96. The summed E-state index contributed by atoms with van der Waals surface area (Å²) in [5.74, 6) is -0.440. The summed E-state index contributed by atoms with van der Waals surface area (Å²) >= 11 is 6.26. The number of hydrogen-bond donors (Lipinski definition) is 1. The van der Waals surface area contributed by atoms with Crippen LogP contribution in [0.5, 0.6) is 5.75 Å². The van der Waals surface area contributed by atoms with Crippen LogP contribution in [0.4, 0.5) is 5.69 Å². The van der Waals surface area contributed by atoms with Gasteiger partial charge in [0.2, 0.25) is 11.8 Å². The third-order valence-corrected chi connectivity index (χ3v) is 8.35. The molecule has 0 fully saturated rings. The van der Waals surface area contributed by atoms with Crippen LogP contribution in [0.1, 0.15) is 31.9 Å². The highest BCUT2D eigenvalue weighted by Crippen LogP contribution is 2.35. The van der Waals surface area contributed by atoms with Gasteiger partial charge in [0.25, 0.3) is 10.0 Å². The largest absolute Gasteiger partial charge is 0.495 e. The fourth-order valence-corrected chi connectivity index (χ4v) is 5.62. The zero-order chi connectivity index (χ0) is 29.4. The summed E-state index contributed by atoms with van der Waals surface area (Å²) in [6.45, 7) is 7.53. The number of nitrogens with zero attached hydrogens (tertiary/aromatic N) is 2. The standard InChI is InChI=1S/C30H36ClN3O5S/c1-21(2)18-32-30(36)23(4)33(19-24-13-11-22(3)12-14-24)29(35)20-34(27-17-25(31)15-16-28(27)39-5)40(37,38)26-9-7-6-8-10-26/h6-17,21,23H,18-20H2,1-5H3,(H,32,36)/t23-/m0/s1. The van der Waals surface area contributed by atoms with Crippen LogP contribution in [-0.2, 0) is 26.2 Å². The van der Waals surface area contributed by atoms with E-state index in [0.717, 1.165) is 15.4 Å². The molecule has 0 aliphatic rings. The van der Waals surface area contributed by atoms with E-state index in [0.29, 0.717) is 6.54 Å². The smallest absolute Gasteiger partial charge is 0.264 e. The van der Waals surface area contributed by atoms with Gasteiger partial charge in [-0.05, 0) is 55.7 Å². The van der Waals surface area contributed by atoms with Gasteiger partial charge in [-0.25, -0.2) is 8.42 Å². The number of aryl methyl sites for hydroxylation is 1. The molecule has 0 aliphatic heterocycles. The topological polar surface area (TPSA) is 96.0 Å². The molecule has 0 aromatic heterocycles. The van der Waals surface area contributed by atoms with Crippen LogP contribution in [0.15, 0.2) is 77.7 Å². The third-order valence-electron chi connectivity index (χ3n) is 6.35. The monoisotopic (exact) mass is 585 g/mol. The van der Waals surface area contributed by atoms with Crippen LogP contribution in [0.2, 0.25) is 5.02 Å². The van der Waals surface area contributed by atoms with Crippen molar-refractivity contribution in [1.29, 1.82) is 0 Å². The van der Waals surface area contributed by atoms with Crippen LogP contribution in [0, 0.1) is 12.8 Å². The third kappa shape index (κ3) is 7.76. The Bertz CT molecular complexity index is 1410. The average molecular weight is 586 g/mol. The predicted molar refractivity (Wildman–Crippen MR) is 158 cm³/mol.